The predicted octanol–water partition coefficient (Wildman–Crippen LogP) is 0.0604. The maximum atomic E-state index is 11.7. The first-order valence-electron chi connectivity index (χ1n) is 18.1. The first-order chi connectivity index (χ1) is 29.9. The average Bonchev–Trinajstić information content (AvgIpc) is 3.95. The zero-order valence-electron chi connectivity index (χ0n) is 32.9. The van der Waals surface area contributed by atoms with Crippen molar-refractivity contribution >= 4 is 22.7 Å². The summed E-state index contributed by atoms with van der Waals surface area (Å²) in [6, 6.07) is 33.2. The first-order valence-corrected chi connectivity index (χ1v) is 18.1. The molecule has 22 nitrogen and oxygen atoms in total. The van der Waals surface area contributed by atoms with Crippen LogP contribution in [0.15, 0.2) is 133 Å². The van der Waals surface area contributed by atoms with Gasteiger partial charge in [-0.1, -0.05) is 24.3 Å². The van der Waals surface area contributed by atoms with Crippen LogP contribution < -0.4 is 43.9 Å². The Hall–Kier alpha value is -8.76. The van der Waals surface area contributed by atoms with E-state index in [2.05, 4.69) is 20.4 Å². The van der Waals surface area contributed by atoms with Crippen molar-refractivity contribution < 1.29 is 63.6 Å². The normalized spacial score (nSPS) is 10.6. The van der Waals surface area contributed by atoms with E-state index < -0.39 is 19.7 Å². The highest BCUT2D eigenvalue weighted by molar-refractivity contribution is 5.70. The van der Waals surface area contributed by atoms with Crippen molar-refractivity contribution in [1.29, 1.82) is 0 Å². The molecule has 2 aromatic heterocycles. The van der Waals surface area contributed by atoms with Crippen LogP contribution in [0.1, 0.15) is 0 Å². The summed E-state index contributed by atoms with van der Waals surface area (Å²) < 4.78 is 11.7. The number of rotatable bonds is 13. The van der Waals surface area contributed by atoms with Gasteiger partial charge in [0.2, 0.25) is 11.4 Å². The zero-order valence-corrected chi connectivity index (χ0v) is 34.4. The molecule has 24 heteroatoms. The third-order valence-corrected chi connectivity index (χ3v) is 9.41. The fourth-order valence-corrected chi connectivity index (χ4v) is 6.47. The van der Waals surface area contributed by atoms with Crippen molar-refractivity contribution in [3.05, 3.63) is 174 Å². The van der Waals surface area contributed by atoms with Crippen LogP contribution in [0, 0.1) is 40.5 Å². The topological polar surface area (TPSA) is 260 Å². The molecule has 0 saturated heterocycles. The molecule has 64 heavy (non-hydrogen) atoms. The third-order valence-electron chi connectivity index (χ3n) is 9.41. The van der Waals surface area contributed by atoms with Gasteiger partial charge in [0.15, 0.2) is 11.5 Å². The van der Waals surface area contributed by atoms with E-state index >= 15 is 0 Å². The maximum absolute atomic E-state index is 11.7. The van der Waals surface area contributed by atoms with E-state index in [4.69, 9.17) is 9.47 Å². The van der Waals surface area contributed by atoms with Gasteiger partial charge in [0.05, 0.1) is 55.2 Å². The largest absolute Gasteiger partial charge is 1.00 e. The van der Waals surface area contributed by atoms with Crippen molar-refractivity contribution in [3.63, 3.8) is 0 Å². The molecule has 0 saturated carbocycles. The van der Waals surface area contributed by atoms with Crippen LogP contribution in [0.4, 0.5) is 22.7 Å². The Labute approximate surface area is 371 Å². The van der Waals surface area contributed by atoms with Gasteiger partial charge >= 0.3 is 11.6 Å². The predicted molar refractivity (Wildman–Crippen MR) is 215 cm³/mol. The Bertz CT molecular complexity index is 2920. The molecule has 0 radical (unpaired) electrons. The van der Waals surface area contributed by atoms with Crippen LogP contribution in [-0.4, -0.2) is 63.9 Å². The highest BCUT2D eigenvalue weighted by atomic mass is 35.5. The second-order valence-corrected chi connectivity index (χ2v) is 13.1. The second-order valence-electron chi connectivity index (χ2n) is 13.1. The van der Waals surface area contributed by atoms with Crippen LogP contribution in [0.2, 0.25) is 0 Å². The summed E-state index contributed by atoms with van der Waals surface area (Å²) in [5.74, 6) is 0.745. The van der Waals surface area contributed by atoms with Crippen LogP contribution >= 0.6 is 0 Å². The fraction of sp³-hybridized carbons (Fsp3) is 0.0500. The number of halogens is 2. The molecule has 2 heterocycles. The molecule has 0 amide bonds. The molecule has 0 aliphatic heterocycles. The number of hydrogen-bond acceptors (Lipinski definition) is 14. The molecular weight excluding hydrogens is 879 g/mol. The number of nitrogens with zero attached hydrogens (tertiary/aromatic N) is 12. The van der Waals surface area contributed by atoms with Gasteiger partial charge < -0.3 is 34.3 Å². The van der Waals surface area contributed by atoms with E-state index in [0.29, 0.717) is 45.1 Å². The Morgan fingerprint density at radius 2 is 0.797 bits per heavy atom. The monoisotopic (exact) mass is 906 g/mol. The van der Waals surface area contributed by atoms with Crippen molar-refractivity contribution in [1.82, 2.24) is 30.0 Å². The van der Waals surface area contributed by atoms with Crippen molar-refractivity contribution in [2.45, 2.75) is 0 Å². The number of non-ortho nitro benzene ring substituents is 4. The molecule has 0 aliphatic rings. The van der Waals surface area contributed by atoms with Crippen LogP contribution in [0.3, 0.4) is 0 Å². The average molecular weight is 908 g/mol. The van der Waals surface area contributed by atoms with Gasteiger partial charge in [0.1, 0.15) is 11.4 Å². The summed E-state index contributed by atoms with van der Waals surface area (Å²) in [6.45, 7) is 0. The molecular formula is C40H28Cl2N12O10. The zero-order chi connectivity index (χ0) is 43.7. The summed E-state index contributed by atoms with van der Waals surface area (Å²) in [5.41, 5.74) is 2.35. The SMILES string of the molecule is COc1cc(-c2ccc(-[n+]3nc(-c4cccc([N+](=O)[O-])c4)nn3-c3cccc([N+](=O)[O-])c3)c(OC)c2)ccc1-[n+]1nc(-c2cccc([N+](=O)[O-])c2)nn1-c1cccc([N+](=O)[O-])c1.[Cl-].[Cl-]. The van der Waals surface area contributed by atoms with Gasteiger partial charge in [-0.15, -0.1) is 0 Å². The summed E-state index contributed by atoms with van der Waals surface area (Å²) in [7, 11) is 2.89. The lowest BCUT2D eigenvalue weighted by molar-refractivity contribution is -0.734. The Morgan fingerprint density at radius 1 is 0.453 bits per heavy atom. The Morgan fingerprint density at radius 3 is 1.14 bits per heavy atom. The Balaban J connectivity index is 0.00000340. The van der Waals surface area contributed by atoms with Gasteiger partial charge in [-0.25, -0.2) is 0 Å². The first kappa shape index (κ1) is 44.8. The summed E-state index contributed by atoms with van der Waals surface area (Å²) in [4.78, 5) is 49.7. The molecule has 0 spiro atoms. The van der Waals surface area contributed by atoms with E-state index in [0.717, 1.165) is 0 Å². The van der Waals surface area contributed by atoms with Crippen LogP contribution in [-0.2, 0) is 0 Å². The quantitative estimate of drug-likeness (QED) is 0.0842. The molecule has 6 aromatic carbocycles. The molecule has 0 atom stereocenters. The van der Waals surface area contributed by atoms with E-state index in [1.165, 1.54) is 106 Å². The highest BCUT2D eigenvalue weighted by Crippen LogP contribution is 2.33. The van der Waals surface area contributed by atoms with E-state index in [1.54, 1.807) is 60.7 Å². The fourth-order valence-electron chi connectivity index (χ4n) is 6.47. The number of benzene rings is 6. The van der Waals surface area contributed by atoms with Crippen LogP contribution in [0.5, 0.6) is 11.5 Å². The molecule has 0 bridgehead atoms. The summed E-state index contributed by atoms with van der Waals surface area (Å²) in [5, 5.41) is 65.1. The van der Waals surface area contributed by atoms with E-state index in [9.17, 15) is 40.5 Å². The maximum Gasteiger partial charge on any atom is 0.340 e. The lowest BCUT2D eigenvalue weighted by Gasteiger charge is -2.11. The number of tetrazole rings is 2. The van der Waals surface area contributed by atoms with Gasteiger partial charge in [0.25, 0.3) is 22.7 Å². The molecule has 0 N–H and O–H groups in total. The summed E-state index contributed by atoms with van der Waals surface area (Å²) in [6.07, 6.45) is 0. The van der Waals surface area contributed by atoms with Crippen molar-refractivity contribution in [3.8, 4) is 68.2 Å². The second kappa shape index (κ2) is 18.5. The highest BCUT2D eigenvalue weighted by Gasteiger charge is 2.30. The molecule has 0 fully saturated rings. The van der Waals surface area contributed by atoms with E-state index in [-0.39, 0.29) is 70.6 Å². The van der Waals surface area contributed by atoms with Crippen LogP contribution in [0.25, 0.3) is 56.7 Å². The van der Waals surface area contributed by atoms with Gasteiger partial charge in [-0.3, -0.25) is 40.5 Å². The van der Waals surface area contributed by atoms with Crippen molar-refractivity contribution in [2.75, 3.05) is 14.2 Å². The smallest absolute Gasteiger partial charge is 0.340 e. The van der Waals surface area contributed by atoms with Gasteiger partial charge in [-0.05, 0) is 91.6 Å². The molecule has 8 aromatic rings. The van der Waals surface area contributed by atoms with E-state index in [1.807, 2.05) is 0 Å². The number of nitro groups is 4. The molecule has 8 rings (SSSR count). The minimum atomic E-state index is -0.548. The number of ether oxygens (including phenoxy) is 2. The molecule has 0 aliphatic carbocycles. The number of hydrogen-bond donors (Lipinski definition) is 0. The van der Waals surface area contributed by atoms with Gasteiger partial charge in [0, 0.05) is 58.1 Å². The minimum absolute atomic E-state index is 0. The van der Waals surface area contributed by atoms with Gasteiger partial charge in [-0.2, -0.15) is 0 Å². The molecule has 322 valence electrons. The standard InChI is InChI=1S/C40H28N12O10.2ClH/c1-61-37-21-25(15-17-35(37)47-43-39(27-7-3-11-31(19-27)49(53)54)41-45(47)29-9-5-13-33(23-29)51(57)58)26-16-18-36(38(22-26)62-2)48-44-40(28-8-4-12-32(20-28)50(55)56)42-46(48)30-10-6-14-34(24-30)52(59)60;;/h3-24H,1-2H3;2*1H/q+2;;/p-2. The number of nitro benzene ring substituents is 4. The summed E-state index contributed by atoms with van der Waals surface area (Å²) >= 11 is 0. The molecule has 0 unspecified atom stereocenters. The lowest BCUT2D eigenvalue weighted by atomic mass is 10.0. The van der Waals surface area contributed by atoms with Crippen molar-refractivity contribution in [2.24, 2.45) is 0 Å². The Kier molecular flexibility index (Phi) is 12.9. The third kappa shape index (κ3) is 8.70. The number of aromatic nitrogens is 8. The number of methoxy groups -OCH3 is 2. The lowest BCUT2D eigenvalue weighted by Crippen LogP contribution is -3.00. The minimum Gasteiger partial charge on any atom is -1.00 e.